The second kappa shape index (κ2) is 7.91. The molecular formula is C21H29ClN2O4. The average Bonchev–Trinajstić information content (AvgIpc) is 2.60. The summed E-state index contributed by atoms with van der Waals surface area (Å²) in [5, 5.41) is 11.6. The Labute approximate surface area is 171 Å². The SMILES string of the molecule is CC(C)(C)OC(=O)N1CCN(C(=O)C(c2ccc(Cl)cc2)C2(O)CCC2)CC1. The van der Waals surface area contributed by atoms with E-state index in [1.165, 1.54) is 0 Å². The highest BCUT2D eigenvalue weighted by atomic mass is 35.5. The van der Waals surface area contributed by atoms with Gasteiger partial charge in [-0.25, -0.2) is 4.79 Å². The summed E-state index contributed by atoms with van der Waals surface area (Å²) in [6, 6.07) is 7.13. The first-order chi connectivity index (χ1) is 13.1. The molecule has 1 saturated carbocycles. The standard InChI is InChI=1S/C21H29ClN2O4/c1-20(2,3)28-19(26)24-13-11-23(12-14-24)18(25)17(21(27)9-4-10-21)15-5-7-16(22)8-6-15/h5-8,17,27H,4,9-14H2,1-3H3. The van der Waals surface area contributed by atoms with Crippen molar-refractivity contribution in [1.29, 1.82) is 0 Å². The van der Waals surface area contributed by atoms with Gasteiger partial charge in [-0.1, -0.05) is 23.7 Å². The number of benzene rings is 1. The summed E-state index contributed by atoms with van der Waals surface area (Å²) in [5.74, 6) is -0.694. The van der Waals surface area contributed by atoms with Crippen molar-refractivity contribution >= 4 is 23.6 Å². The van der Waals surface area contributed by atoms with Gasteiger partial charge in [-0.05, 0) is 57.7 Å². The van der Waals surface area contributed by atoms with Gasteiger partial charge in [-0.3, -0.25) is 4.79 Å². The molecule has 1 unspecified atom stereocenters. The fourth-order valence-corrected chi connectivity index (χ4v) is 3.91. The zero-order valence-electron chi connectivity index (χ0n) is 16.8. The lowest BCUT2D eigenvalue weighted by molar-refractivity contribution is -0.146. The molecule has 1 N–H and O–H groups in total. The fourth-order valence-electron chi connectivity index (χ4n) is 3.78. The molecule has 1 heterocycles. The third-order valence-corrected chi connectivity index (χ3v) is 5.70. The number of aliphatic hydroxyl groups is 1. The molecule has 1 atom stereocenters. The second-order valence-electron chi connectivity index (χ2n) is 8.73. The van der Waals surface area contributed by atoms with Crippen LogP contribution in [-0.2, 0) is 9.53 Å². The molecule has 1 aliphatic heterocycles. The lowest BCUT2D eigenvalue weighted by atomic mass is 9.68. The molecule has 3 rings (SSSR count). The van der Waals surface area contributed by atoms with E-state index in [4.69, 9.17) is 16.3 Å². The number of piperazine rings is 1. The Kier molecular flexibility index (Phi) is 5.92. The molecule has 28 heavy (non-hydrogen) atoms. The van der Waals surface area contributed by atoms with E-state index in [0.717, 1.165) is 12.0 Å². The highest BCUT2D eigenvalue weighted by Gasteiger charge is 2.48. The molecule has 6 nitrogen and oxygen atoms in total. The van der Waals surface area contributed by atoms with Crippen molar-refractivity contribution in [3.63, 3.8) is 0 Å². The van der Waals surface area contributed by atoms with Crippen molar-refractivity contribution in [2.45, 2.75) is 57.2 Å². The first-order valence-electron chi connectivity index (χ1n) is 9.84. The molecule has 1 aliphatic carbocycles. The number of hydrogen-bond acceptors (Lipinski definition) is 4. The van der Waals surface area contributed by atoms with E-state index in [1.54, 1.807) is 21.9 Å². The lowest BCUT2D eigenvalue weighted by Crippen LogP contribution is -2.56. The molecule has 1 saturated heterocycles. The topological polar surface area (TPSA) is 70.1 Å². The Bertz CT molecular complexity index is 717. The summed E-state index contributed by atoms with van der Waals surface area (Å²) in [7, 11) is 0. The van der Waals surface area contributed by atoms with Gasteiger partial charge in [0.25, 0.3) is 0 Å². The molecule has 2 aliphatic rings. The predicted molar refractivity (Wildman–Crippen MR) is 107 cm³/mol. The van der Waals surface area contributed by atoms with Crippen LogP contribution in [0.5, 0.6) is 0 Å². The summed E-state index contributed by atoms with van der Waals surface area (Å²) in [6.45, 7) is 7.21. The van der Waals surface area contributed by atoms with E-state index in [-0.39, 0.29) is 12.0 Å². The van der Waals surface area contributed by atoms with E-state index in [9.17, 15) is 14.7 Å². The van der Waals surface area contributed by atoms with Gasteiger partial charge in [-0.15, -0.1) is 0 Å². The molecule has 2 amide bonds. The van der Waals surface area contributed by atoms with E-state index in [0.29, 0.717) is 44.0 Å². The van der Waals surface area contributed by atoms with Crippen molar-refractivity contribution in [2.75, 3.05) is 26.2 Å². The van der Waals surface area contributed by atoms with Crippen molar-refractivity contribution in [2.24, 2.45) is 0 Å². The van der Waals surface area contributed by atoms with Gasteiger partial charge in [0, 0.05) is 31.2 Å². The van der Waals surface area contributed by atoms with Crippen LogP contribution in [0.3, 0.4) is 0 Å². The Morgan fingerprint density at radius 3 is 2.07 bits per heavy atom. The summed E-state index contributed by atoms with van der Waals surface area (Å²) < 4.78 is 5.41. The first-order valence-corrected chi connectivity index (χ1v) is 10.2. The zero-order chi connectivity index (χ0) is 20.5. The molecule has 2 fully saturated rings. The van der Waals surface area contributed by atoms with Crippen molar-refractivity contribution in [1.82, 2.24) is 9.80 Å². The maximum Gasteiger partial charge on any atom is 0.410 e. The van der Waals surface area contributed by atoms with Gasteiger partial charge < -0.3 is 19.6 Å². The van der Waals surface area contributed by atoms with Crippen LogP contribution in [0.2, 0.25) is 5.02 Å². The van der Waals surface area contributed by atoms with Gasteiger partial charge in [0.05, 0.1) is 11.5 Å². The number of carbonyl (C=O) groups is 2. The number of ether oxygens (including phenoxy) is 1. The van der Waals surface area contributed by atoms with Crippen LogP contribution in [-0.4, -0.2) is 64.3 Å². The Morgan fingerprint density at radius 2 is 1.61 bits per heavy atom. The highest BCUT2D eigenvalue weighted by molar-refractivity contribution is 6.30. The molecule has 0 spiro atoms. The number of amides is 2. The minimum Gasteiger partial charge on any atom is -0.444 e. The molecule has 1 aromatic rings. The highest BCUT2D eigenvalue weighted by Crippen LogP contribution is 2.44. The van der Waals surface area contributed by atoms with Crippen LogP contribution in [0.25, 0.3) is 0 Å². The van der Waals surface area contributed by atoms with Crippen molar-refractivity contribution in [3.05, 3.63) is 34.9 Å². The molecule has 0 radical (unpaired) electrons. The van der Waals surface area contributed by atoms with Gasteiger partial charge in [-0.2, -0.15) is 0 Å². The van der Waals surface area contributed by atoms with Gasteiger partial charge in [0.15, 0.2) is 0 Å². The van der Waals surface area contributed by atoms with Crippen molar-refractivity contribution in [3.8, 4) is 0 Å². The van der Waals surface area contributed by atoms with Crippen molar-refractivity contribution < 1.29 is 19.4 Å². The third-order valence-electron chi connectivity index (χ3n) is 5.45. The van der Waals surface area contributed by atoms with Crippen LogP contribution < -0.4 is 0 Å². The number of carbonyl (C=O) groups excluding carboxylic acids is 2. The Balaban J connectivity index is 1.69. The normalized spacial score (nSPS) is 20.3. The molecular weight excluding hydrogens is 380 g/mol. The number of rotatable bonds is 3. The monoisotopic (exact) mass is 408 g/mol. The van der Waals surface area contributed by atoms with Crippen LogP contribution in [0, 0.1) is 0 Å². The number of hydrogen-bond donors (Lipinski definition) is 1. The number of nitrogens with zero attached hydrogens (tertiary/aromatic N) is 2. The van der Waals surface area contributed by atoms with Gasteiger partial charge >= 0.3 is 6.09 Å². The quantitative estimate of drug-likeness (QED) is 0.831. The molecule has 0 aromatic heterocycles. The molecule has 1 aromatic carbocycles. The van der Waals surface area contributed by atoms with Gasteiger partial charge in [0.1, 0.15) is 5.60 Å². The average molecular weight is 409 g/mol. The van der Waals surface area contributed by atoms with E-state index in [1.807, 2.05) is 32.9 Å². The first kappa shape index (κ1) is 20.9. The smallest absolute Gasteiger partial charge is 0.410 e. The van der Waals surface area contributed by atoms with Crippen LogP contribution in [0.4, 0.5) is 4.79 Å². The number of halogens is 1. The van der Waals surface area contributed by atoms with Gasteiger partial charge in [0.2, 0.25) is 5.91 Å². The minimum absolute atomic E-state index is 0.0895. The molecule has 7 heteroatoms. The predicted octanol–water partition coefficient (Wildman–Crippen LogP) is 3.42. The molecule has 0 bridgehead atoms. The maximum atomic E-state index is 13.3. The summed E-state index contributed by atoms with van der Waals surface area (Å²) in [6.07, 6.45) is 1.79. The summed E-state index contributed by atoms with van der Waals surface area (Å²) in [4.78, 5) is 28.9. The fraction of sp³-hybridized carbons (Fsp3) is 0.619. The molecule has 154 valence electrons. The van der Waals surface area contributed by atoms with E-state index in [2.05, 4.69) is 0 Å². The van der Waals surface area contributed by atoms with Crippen LogP contribution in [0.15, 0.2) is 24.3 Å². The minimum atomic E-state index is -1.01. The van der Waals surface area contributed by atoms with Crippen LogP contribution >= 0.6 is 11.6 Å². The Hall–Kier alpha value is -1.79. The zero-order valence-corrected chi connectivity index (χ0v) is 17.5. The van der Waals surface area contributed by atoms with Crippen LogP contribution in [0.1, 0.15) is 51.5 Å². The second-order valence-corrected chi connectivity index (χ2v) is 9.17. The van der Waals surface area contributed by atoms with E-state index < -0.39 is 17.1 Å². The van der Waals surface area contributed by atoms with E-state index >= 15 is 0 Å². The lowest BCUT2D eigenvalue weighted by Gasteiger charge is -2.45. The Morgan fingerprint density at radius 1 is 1.07 bits per heavy atom. The summed E-state index contributed by atoms with van der Waals surface area (Å²) >= 11 is 5.99. The maximum absolute atomic E-state index is 13.3. The largest absolute Gasteiger partial charge is 0.444 e. The summed E-state index contributed by atoms with van der Waals surface area (Å²) in [5.41, 5.74) is -0.768. The third kappa shape index (κ3) is 4.61.